The molecule has 0 spiro atoms. The number of nitrogen functional groups attached to an aromatic ring is 1. The Morgan fingerprint density at radius 2 is 2.00 bits per heavy atom. The highest BCUT2D eigenvalue weighted by Gasteiger charge is 2.21. The highest BCUT2D eigenvalue weighted by atomic mass is 127. The number of rotatable bonds is 8. The fourth-order valence-electron chi connectivity index (χ4n) is 3.49. The van der Waals surface area contributed by atoms with E-state index in [1.54, 1.807) is 11.5 Å². The zero-order chi connectivity index (χ0) is 23.0. The summed E-state index contributed by atoms with van der Waals surface area (Å²) in [7, 11) is -4.04. The fraction of sp³-hybridized carbons (Fsp3) is 0.389. The van der Waals surface area contributed by atoms with Gasteiger partial charge in [-0.15, -0.1) is 0 Å². The number of aryl methyl sites for hydroxylation is 1. The number of hydrogen-bond acceptors (Lipinski definition) is 9. The van der Waals surface area contributed by atoms with Crippen LogP contribution < -0.4 is 20.3 Å². The topological polar surface area (TPSA) is 157 Å². The molecular weight excluding hydrogens is 558 g/mol. The lowest BCUT2D eigenvalue weighted by atomic mass is 10.1. The van der Waals surface area contributed by atoms with Gasteiger partial charge in [-0.2, -0.15) is 22.8 Å². The van der Waals surface area contributed by atoms with Crippen molar-refractivity contribution in [2.45, 2.75) is 38.8 Å². The minimum Gasteiger partial charge on any atom is -0.454 e. The Balaban J connectivity index is 1.64. The molecule has 4 rings (SSSR count). The number of ether oxygens (including phenoxy) is 2. The molecule has 14 heteroatoms. The number of aromatic nitrogens is 4. The molecule has 3 aromatic rings. The second-order valence-corrected chi connectivity index (χ2v) is 9.59. The molecule has 0 bridgehead atoms. The van der Waals surface area contributed by atoms with E-state index in [0.717, 1.165) is 9.13 Å². The van der Waals surface area contributed by atoms with E-state index in [1.807, 2.05) is 12.1 Å². The second-order valence-electron chi connectivity index (χ2n) is 7.25. The maximum Gasteiger partial charge on any atom is 0.333 e. The van der Waals surface area contributed by atoms with E-state index in [9.17, 15) is 12.8 Å². The molecule has 1 aliphatic rings. The highest BCUT2D eigenvalue weighted by Crippen LogP contribution is 2.36. The van der Waals surface area contributed by atoms with Crippen LogP contribution in [0.5, 0.6) is 11.5 Å². The van der Waals surface area contributed by atoms with Gasteiger partial charge in [0, 0.05) is 16.5 Å². The third kappa shape index (κ3) is 5.02. The van der Waals surface area contributed by atoms with Gasteiger partial charge in [0.1, 0.15) is 5.82 Å². The van der Waals surface area contributed by atoms with Crippen LogP contribution in [0.1, 0.15) is 31.2 Å². The predicted octanol–water partition coefficient (Wildman–Crippen LogP) is 1.86. The Bertz CT molecular complexity index is 1280. The lowest BCUT2D eigenvalue weighted by Gasteiger charge is -2.13. The number of anilines is 1. The highest BCUT2D eigenvalue weighted by molar-refractivity contribution is 14.1. The lowest BCUT2D eigenvalue weighted by molar-refractivity contribution is 0.174. The van der Waals surface area contributed by atoms with Gasteiger partial charge in [-0.3, -0.25) is 4.18 Å². The summed E-state index contributed by atoms with van der Waals surface area (Å²) in [4.78, 5) is 12.0. The number of imidazole rings is 1. The van der Waals surface area contributed by atoms with Crippen LogP contribution in [0.25, 0.3) is 11.2 Å². The van der Waals surface area contributed by atoms with Crippen molar-refractivity contribution in [1.29, 1.82) is 0 Å². The largest absolute Gasteiger partial charge is 0.454 e. The molecule has 0 fully saturated rings. The van der Waals surface area contributed by atoms with Crippen LogP contribution in [-0.2, 0) is 27.5 Å². The number of nitrogens with two attached hydrogens (primary N) is 2. The summed E-state index contributed by atoms with van der Waals surface area (Å²) in [5.74, 6) is 1.86. The van der Waals surface area contributed by atoms with E-state index < -0.39 is 22.5 Å². The van der Waals surface area contributed by atoms with Crippen molar-refractivity contribution in [2.75, 3.05) is 12.5 Å². The molecule has 0 saturated heterocycles. The Morgan fingerprint density at radius 1 is 1.28 bits per heavy atom. The van der Waals surface area contributed by atoms with E-state index >= 15 is 0 Å². The Hall–Kier alpha value is -2.30. The average molecular weight is 578 g/mol. The number of hydrogen-bond donors (Lipinski definition) is 2. The summed E-state index contributed by atoms with van der Waals surface area (Å²) in [5.41, 5.74) is 7.37. The van der Waals surface area contributed by atoms with Crippen LogP contribution in [0.3, 0.4) is 0 Å². The van der Waals surface area contributed by atoms with Crippen LogP contribution in [0, 0.1) is 9.65 Å². The van der Waals surface area contributed by atoms with Gasteiger partial charge in [-0.1, -0.05) is 0 Å². The first kappa shape index (κ1) is 22.9. The monoisotopic (exact) mass is 578 g/mol. The van der Waals surface area contributed by atoms with E-state index in [-0.39, 0.29) is 18.3 Å². The standard InChI is InChI=1S/C18H20FIN6O5S/c1-9(31-32(22,27)28)3-2-4-26-14(23-15-16(21)24-18(19)25-17(15)26)6-10-5-12-13(7-11(10)20)30-8-29-12/h5,7,9H,2-4,6,8H2,1H3,(H2,21,24,25)(H2,22,27,28). The normalized spacial score (nSPS) is 14.2. The van der Waals surface area contributed by atoms with E-state index in [2.05, 4.69) is 37.5 Å². The minimum atomic E-state index is -4.04. The zero-order valence-corrected chi connectivity index (χ0v) is 19.9. The van der Waals surface area contributed by atoms with Crippen LogP contribution in [0.2, 0.25) is 0 Å². The van der Waals surface area contributed by atoms with Gasteiger partial charge < -0.3 is 19.8 Å². The van der Waals surface area contributed by atoms with Crippen molar-refractivity contribution in [3.05, 3.63) is 33.2 Å². The molecule has 1 aromatic carbocycles. The molecule has 0 radical (unpaired) electrons. The smallest absolute Gasteiger partial charge is 0.333 e. The number of halogens is 2. The van der Waals surface area contributed by atoms with Crippen molar-refractivity contribution in [3.63, 3.8) is 0 Å². The molecule has 11 nitrogen and oxygen atoms in total. The van der Waals surface area contributed by atoms with Gasteiger partial charge in [0.15, 0.2) is 28.5 Å². The molecule has 1 unspecified atom stereocenters. The first-order valence-corrected chi connectivity index (χ1v) is 12.1. The molecule has 0 amide bonds. The van der Waals surface area contributed by atoms with Gasteiger partial charge in [-0.05, 0) is 60.1 Å². The summed E-state index contributed by atoms with van der Waals surface area (Å²) in [6.45, 7) is 2.14. The SMILES string of the molecule is CC(CCCn1c(Cc2cc3c(cc2I)OCO3)nc2c(N)nc(F)nc21)OS(N)(=O)=O. The quantitative estimate of drug-likeness (QED) is 0.301. The first-order valence-electron chi connectivity index (χ1n) is 9.58. The number of nitrogens with zero attached hydrogens (tertiary/aromatic N) is 4. The van der Waals surface area contributed by atoms with Crippen LogP contribution in [0.4, 0.5) is 10.2 Å². The van der Waals surface area contributed by atoms with Gasteiger partial charge in [0.05, 0.1) is 6.10 Å². The summed E-state index contributed by atoms with van der Waals surface area (Å²) in [6.07, 6.45) is -0.282. The Kier molecular flexibility index (Phi) is 6.37. The molecule has 172 valence electrons. The third-order valence-electron chi connectivity index (χ3n) is 4.85. The molecule has 3 heterocycles. The lowest BCUT2D eigenvalue weighted by Crippen LogP contribution is -2.22. The molecule has 32 heavy (non-hydrogen) atoms. The van der Waals surface area contributed by atoms with Crippen molar-refractivity contribution in [2.24, 2.45) is 5.14 Å². The van der Waals surface area contributed by atoms with E-state index in [4.69, 9.17) is 24.5 Å². The molecule has 4 N–H and O–H groups in total. The molecular formula is C18H20FIN6O5S. The van der Waals surface area contributed by atoms with Gasteiger partial charge in [0.25, 0.3) is 0 Å². The van der Waals surface area contributed by atoms with Crippen LogP contribution in [0.15, 0.2) is 12.1 Å². The van der Waals surface area contributed by atoms with Crippen LogP contribution >= 0.6 is 22.6 Å². The Morgan fingerprint density at radius 3 is 2.72 bits per heavy atom. The predicted molar refractivity (Wildman–Crippen MR) is 121 cm³/mol. The molecule has 0 saturated carbocycles. The third-order valence-corrected chi connectivity index (χ3v) is 6.46. The second kappa shape index (κ2) is 8.92. The summed E-state index contributed by atoms with van der Waals surface area (Å²) in [5, 5.41) is 4.92. The maximum absolute atomic E-state index is 13.9. The van der Waals surface area contributed by atoms with E-state index in [1.165, 1.54) is 0 Å². The molecule has 2 aromatic heterocycles. The average Bonchev–Trinajstić information content (AvgIpc) is 3.25. The van der Waals surface area contributed by atoms with Crippen molar-refractivity contribution >= 4 is 49.9 Å². The summed E-state index contributed by atoms with van der Waals surface area (Å²) in [6, 6.07) is 3.76. The van der Waals surface area contributed by atoms with Gasteiger partial charge in [0.2, 0.25) is 6.79 Å². The van der Waals surface area contributed by atoms with Gasteiger partial charge >= 0.3 is 16.4 Å². The summed E-state index contributed by atoms with van der Waals surface area (Å²) >= 11 is 2.20. The van der Waals surface area contributed by atoms with Crippen molar-refractivity contribution in [1.82, 2.24) is 19.5 Å². The van der Waals surface area contributed by atoms with Crippen LogP contribution in [-0.4, -0.2) is 40.8 Å². The van der Waals surface area contributed by atoms with Crippen molar-refractivity contribution < 1.29 is 26.5 Å². The zero-order valence-electron chi connectivity index (χ0n) is 16.9. The molecule has 1 aliphatic heterocycles. The number of benzene rings is 1. The molecule has 0 aliphatic carbocycles. The van der Waals surface area contributed by atoms with Gasteiger partial charge in [-0.25, -0.2) is 10.1 Å². The molecule has 1 atom stereocenters. The Labute approximate surface area is 196 Å². The minimum absolute atomic E-state index is 0.0567. The first-order chi connectivity index (χ1) is 15.1. The maximum atomic E-state index is 13.9. The van der Waals surface area contributed by atoms with E-state index in [0.29, 0.717) is 48.6 Å². The number of fused-ring (bicyclic) bond motifs is 2. The summed E-state index contributed by atoms with van der Waals surface area (Å²) < 4.78 is 54.4. The van der Waals surface area contributed by atoms with Crippen molar-refractivity contribution in [3.8, 4) is 11.5 Å². The fourth-order valence-corrected chi connectivity index (χ4v) is 4.67.